The Bertz CT molecular complexity index is 333. The summed E-state index contributed by atoms with van der Waals surface area (Å²) in [7, 11) is 0. The van der Waals surface area contributed by atoms with Crippen molar-refractivity contribution in [3.05, 3.63) is 22.0 Å². The van der Waals surface area contributed by atoms with Gasteiger partial charge in [0.1, 0.15) is 11.9 Å². The molecule has 7 heteroatoms. The molecule has 0 saturated carbocycles. The third kappa shape index (κ3) is 1.88. The summed E-state index contributed by atoms with van der Waals surface area (Å²) in [5, 5.41) is 16.8. The van der Waals surface area contributed by atoms with E-state index in [4.69, 9.17) is 5.90 Å². The van der Waals surface area contributed by atoms with Crippen molar-refractivity contribution in [3.8, 4) is 0 Å². The molecule has 0 aliphatic heterocycles. The van der Waals surface area contributed by atoms with Crippen LogP contribution in [0.15, 0.2) is 6.20 Å². The molecule has 0 spiro atoms. The molecular formula is C7H12N4O3. The summed E-state index contributed by atoms with van der Waals surface area (Å²) in [5.74, 6) is 4.94. The van der Waals surface area contributed by atoms with Gasteiger partial charge in [-0.3, -0.25) is 15.2 Å². The predicted molar refractivity (Wildman–Crippen MR) is 48.4 cm³/mol. The Hall–Kier alpha value is -1.47. The molecule has 0 amide bonds. The van der Waals surface area contributed by atoms with Crippen molar-refractivity contribution in [2.45, 2.75) is 19.3 Å². The molecule has 14 heavy (non-hydrogen) atoms. The minimum absolute atomic E-state index is 0.0490. The third-order valence-corrected chi connectivity index (χ3v) is 1.94. The van der Waals surface area contributed by atoms with Crippen molar-refractivity contribution in [2.24, 2.45) is 5.90 Å². The molecule has 0 aliphatic carbocycles. The maximum atomic E-state index is 10.6. The van der Waals surface area contributed by atoms with Gasteiger partial charge in [-0.25, -0.2) is 5.90 Å². The van der Waals surface area contributed by atoms with Crippen LogP contribution in [-0.2, 0) is 10.3 Å². The van der Waals surface area contributed by atoms with Gasteiger partial charge in [0.15, 0.2) is 0 Å². The van der Waals surface area contributed by atoms with E-state index in [1.165, 1.54) is 6.20 Å². The fourth-order valence-corrected chi connectivity index (χ4v) is 1.20. The smallest absolute Gasteiger partial charge is 0.304 e. The SMILES string of the molecule is CC(C)(CON)c1[nH]ncc1[N+](=O)[O-]. The van der Waals surface area contributed by atoms with E-state index in [1.54, 1.807) is 13.8 Å². The lowest BCUT2D eigenvalue weighted by Gasteiger charge is -2.20. The number of nitrogens with two attached hydrogens (primary N) is 1. The van der Waals surface area contributed by atoms with Gasteiger partial charge in [0.2, 0.25) is 0 Å². The van der Waals surface area contributed by atoms with Crippen LogP contribution in [0.2, 0.25) is 0 Å². The molecule has 7 nitrogen and oxygen atoms in total. The van der Waals surface area contributed by atoms with E-state index in [2.05, 4.69) is 15.0 Å². The summed E-state index contributed by atoms with van der Waals surface area (Å²) >= 11 is 0. The number of aromatic nitrogens is 2. The van der Waals surface area contributed by atoms with Crippen LogP contribution in [0.25, 0.3) is 0 Å². The second kappa shape index (κ2) is 3.72. The van der Waals surface area contributed by atoms with E-state index < -0.39 is 10.3 Å². The van der Waals surface area contributed by atoms with Crippen LogP contribution >= 0.6 is 0 Å². The van der Waals surface area contributed by atoms with Gasteiger partial charge < -0.3 is 4.84 Å². The molecule has 0 saturated heterocycles. The van der Waals surface area contributed by atoms with Crippen molar-refractivity contribution < 1.29 is 9.76 Å². The van der Waals surface area contributed by atoms with Gasteiger partial charge in [-0.05, 0) is 0 Å². The molecular weight excluding hydrogens is 188 g/mol. The van der Waals surface area contributed by atoms with Gasteiger partial charge in [0.25, 0.3) is 0 Å². The van der Waals surface area contributed by atoms with Crippen LogP contribution in [0.1, 0.15) is 19.5 Å². The molecule has 0 bridgehead atoms. The van der Waals surface area contributed by atoms with Crippen LogP contribution in [0.3, 0.4) is 0 Å². The highest BCUT2D eigenvalue weighted by Gasteiger charge is 2.31. The van der Waals surface area contributed by atoms with Crippen LogP contribution in [0, 0.1) is 10.1 Å². The Balaban J connectivity index is 3.05. The van der Waals surface area contributed by atoms with E-state index in [9.17, 15) is 10.1 Å². The van der Waals surface area contributed by atoms with Gasteiger partial charge >= 0.3 is 5.69 Å². The Kier molecular flexibility index (Phi) is 2.82. The van der Waals surface area contributed by atoms with Crippen molar-refractivity contribution in [2.75, 3.05) is 6.61 Å². The topological polar surface area (TPSA) is 107 Å². The molecule has 3 N–H and O–H groups in total. The number of H-pyrrole nitrogens is 1. The van der Waals surface area contributed by atoms with E-state index >= 15 is 0 Å². The zero-order valence-corrected chi connectivity index (χ0v) is 7.98. The van der Waals surface area contributed by atoms with Crippen molar-refractivity contribution in [3.63, 3.8) is 0 Å². The first-order chi connectivity index (χ1) is 6.49. The number of nitrogens with one attached hydrogen (secondary N) is 1. The van der Waals surface area contributed by atoms with Crippen molar-refractivity contribution in [1.82, 2.24) is 10.2 Å². The second-order valence-corrected chi connectivity index (χ2v) is 3.58. The molecule has 0 fully saturated rings. The summed E-state index contributed by atoms with van der Waals surface area (Å²) in [6.45, 7) is 3.73. The number of nitrogens with zero attached hydrogens (tertiary/aromatic N) is 2. The minimum atomic E-state index is -0.562. The first kappa shape index (κ1) is 10.6. The van der Waals surface area contributed by atoms with Gasteiger partial charge in [-0.1, -0.05) is 13.8 Å². The molecule has 78 valence electrons. The molecule has 0 atom stereocenters. The highest BCUT2D eigenvalue weighted by atomic mass is 16.6. The summed E-state index contributed by atoms with van der Waals surface area (Å²) in [6.07, 6.45) is 1.17. The van der Waals surface area contributed by atoms with Crippen molar-refractivity contribution in [1.29, 1.82) is 0 Å². The molecule has 1 rings (SSSR count). The fraction of sp³-hybridized carbons (Fsp3) is 0.571. The van der Waals surface area contributed by atoms with E-state index in [-0.39, 0.29) is 12.3 Å². The largest absolute Gasteiger partial charge is 0.310 e. The number of rotatable bonds is 4. The Morgan fingerprint density at radius 1 is 1.79 bits per heavy atom. The highest BCUT2D eigenvalue weighted by molar-refractivity contribution is 5.37. The average Bonchev–Trinajstić information content (AvgIpc) is 2.51. The molecule has 0 radical (unpaired) electrons. The zero-order chi connectivity index (χ0) is 10.8. The van der Waals surface area contributed by atoms with E-state index in [0.29, 0.717) is 5.69 Å². The Labute approximate surface area is 80.3 Å². The summed E-state index contributed by atoms with van der Waals surface area (Å²) in [5.41, 5.74) is -0.201. The third-order valence-electron chi connectivity index (χ3n) is 1.94. The molecule has 0 aliphatic rings. The lowest BCUT2D eigenvalue weighted by Crippen LogP contribution is -2.27. The predicted octanol–water partition coefficient (Wildman–Crippen LogP) is 0.486. The summed E-state index contributed by atoms with van der Waals surface area (Å²) in [6, 6.07) is 0. The van der Waals surface area contributed by atoms with Gasteiger partial charge in [-0.2, -0.15) is 5.10 Å². The van der Waals surface area contributed by atoms with Crippen LogP contribution in [-0.4, -0.2) is 21.7 Å². The standard InChI is InChI=1S/C7H12N4O3/c1-7(2,4-14-8)6-5(11(12)13)3-9-10-6/h3H,4,8H2,1-2H3,(H,9,10). The van der Waals surface area contributed by atoms with E-state index in [1.807, 2.05) is 0 Å². The van der Waals surface area contributed by atoms with Crippen LogP contribution in [0.5, 0.6) is 0 Å². The Morgan fingerprint density at radius 3 is 2.93 bits per heavy atom. The zero-order valence-electron chi connectivity index (χ0n) is 7.98. The molecule has 1 aromatic rings. The lowest BCUT2D eigenvalue weighted by atomic mass is 9.90. The second-order valence-electron chi connectivity index (χ2n) is 3.58. The molecule has 0 unspecified atom stereocenters. The summed E-state index contributed by atoms with van der Waals surface area (Å²) in [4.78, 5) is 14.6. The quantitative estimate of drug-likeness (QED) is 0.543. The monoisotopic (exact) mass is 200 g/mol. The molecule has 1 aromatic heterocycles. The van der Waals surface area contributed by atoms with Gasteiger partial charge in [0.05, 0.1) is 11.5 Å². The number of nitro groups is 1. The van der Waals surface area contributed by atoms with Gasteiger partial charge in [0, 0.05) is 5.41 Å². The highest BCUT2D eigenvalue weighted by Crippen LogP contribution is 2.28. The number of hydrogen-bond donors (Lipinski definition) is 2. The normalized spacial score (nSPS) is 11.6. The van der Waals surface area contributed by atoms with E-state index in [0.717, 1.165) is 0 Å². The van der Waals surface area contributed by atoms with Crippen molar-refractivity contribution >= 4 is 5.69 Å². The first-order valence-electron chi connectivity index (χ1n) is 3.99. The lowest BCUT2D eigenvalue weighted by molar-refractivity contribution is -0.386. The van der Waals surface area contributed by atoms with Gasteiger partial charge in [-0.15, -0.1) is 0 Å². The fourth-order valence-electron chi connectivity index (χ4n) is 1.20. The van der Waals surface area contributed by atoms with Crippen LogP contribution < -0.4 is 5.90 Å². The maximum absolute atomic E-state index is 10.6. The Morgan fingerprint density at radius 2 is 2.43 bits per heavy atom. The summed E-state index contributed by atoms with van der Waals surface area (Å²) < 4.78 is 0. The molecule has 0 aromatic carbocycles. The number of hydrogen-bond acceptors (Lipinski definition) is 5. The average molecular weight is 200 g/mol. The van der Waals surface area contributed by atoms with Crippen LogP contribution in [0.4, 0.5) is 5.69 Å². The minimum Gasteiger partial charge on any atom is -0.304 e. The maximum Gasteiger partial charge on any atom is 0.310 e. The first-order valence-corrected chi connectivity index (χ1v) is 3.99. The molecule has 1 heterocycles. The number of aromatic amines is 1.